The summed E-state index contributed by atoms with van der Waals surface area (Å²) in [5, 5.41) is 9.25. The number of aliphatic hydroxyl groups is 1. The first-order chi connectivity index (χ1) is 8.47. The average Bonchev–Trinajstić information content (AvgIpc) is 2.29. The third-order valence-electron chi connectivity index (χ3n) is 3.27. The maximum absolute atomic E-state index is 12.3. The highest BCUT2D eigenvalue weighted by Crippen LogP contribution is 2.28. The van der Waals surface area contributed by atoms with Gasteiger partial charge in [-0.25, -0.2) is 0 Å². The molecule has 0 aromatic heterocycles. The molecule has 98 valence electrons. The minimum absolute atomic E-state index is 0.0147. The Morgan fingerprint density at radius 2 is 2.22 bits per heavy atom. The lowest BCUT2D eigenvalue weighted by Gasteiger charge is -2.34. The standard InChI is InChI=1S/C13H16BrNO2S/c1-15(7-8-4-9(16)5-8)13(17)11-6-10(18)2-3-12(11)14/h2-3,6,8-9,16,18H,4-5,7H2,1H3. The quantitative estimate of drug-likeness (QED) is 0.837. The first kappa shape index (κ1) is 13.9. The number of carbonyl (C=O) groups excluding carboxylic acids is 1. The van der Waals surface area contributed by atoms with E-state index in [-0.39, 0.29) is 12.0 Å². The van der Waals surface area contributed by atoms with Crippen molar-refractivity contribution in [2.75, 3.05) is 13.6 Å². The molecule has 0 aliphatic heterocycles. The molecule has 0 spiro atoms. The summed E-state index contributed by atoms with van der Waals surface area (Å²) in [6, 6.07) is 5.43. The van der Waals surface area contributed by atoms with Gasteiger partial charge in [0.15, 0.2) is 0 Å². The normalized spacial score (nSPS) is 22.4. The van der Waals surface area contributed by atoms with E-state index in [1.165, 1.54) is 0 Å². The van der Waals surface area contributed by atoms with Gasteiger partial charge in [-0.1, -0.05) is 0 Å². The van der Waals surface area contributed by atoms with Gasteiger partial charge < -0.3 is 10.0 Å². The second-order valence-corrected chi connectivity index (χ2v) is 6.21. The summed E-state index contributed by atoms with van der Waals surface area (Å²) in [6.45, 7) is 0.694. The number of hydrogen-bond donors (Lipinski definition) is 2. The largest absolute Gasteiger partial charge is 0.393 e. The van der Waals surface area contributed by atoms with E-state index in [0.717, 1.165) is 22.2 Å². The molecular formula is C13H16BrNO2S. The molecule has 3 nitrogen and oxygen atoms in total. The minimum atomic E-state index is -0.175. The fourth-order valence-electron chi connectivity index (χ4n) is 2.20. The highest BCUT2D eigenvalue weighted by Gasteiger charge is 2.29. The number of carbonyl (C=O) groups is 1. The Morgan fingerprint density at radius 1 is 1.56 bits per heavy atom. The van der Waals surface area contributed by atoms with Gasteiger partial charge in [0.05, 0.1) is 11.7 Å². The van der Waals surface area contributed by atoms with Crippen molar-refractivity contribution in [1.29, 1.82) is 0 Å². The monoisotopic (exact) mass is 329 g/mol. The van der Waals surface area contributed by atoms with E-state index < -0.39 is 0 Å². The molecule has 1 aromatic rings. The van der Waals surface area contributed by atoms with Crippen LogP contribution in [-0.2, 0) is 0 Å². The first-order valence-corrected chi connectivity index (χ1v) is 7.13. The van der Waals surface area contributed by atoms with Crippen LogP contribution in [0.1, 0.15) is 23.2 Å². The smallest absolute Gasteiger partial charge is 0.254 e. The van der Waals surface area contributed by atoms with Crippen LogP contribution in [0.5, 0.6) is 0 Å². The number of aliphatic hydroxyl groups excluding tert-OH is 1. The molecule has 2 rings (SSSR count). The van der Waals surface area contributed by atoms with Crippen molar-refractivity contribution in [3.05, 3.63) is 28.2 Å². The topological polar surface area (TPSA) is 40.5 Å². The first-order valence-electron chi connectivity index (χ1n) is 5.89. The van der Waals surface area contributed by atoms with E-state index >= 15 is 0 Å². The number of amides is 1. The zero-order valence-corrected chi connectivity index (χ0v) is 12.6. The maximum Gasteiger partial charge on any atom is 0.254 e. The molecule has 1 fully saturated rings. The fraction of sp³-hybridized carbons (Fsp3) is 0.462. The lowest BCUT2D eigenvalue weighted by atomic mass is 9.82. The summed E-state index contributed by atoms with van der Waals surface area (Å²) in [6.07, 6.45) is 1.42. The van der Waals surface area contributed by atoms with Gasteiger partial charge in [-0.2, -0.15) is 0 Å². The summed E-state index contributed by atoms with van der Waals surface area (Å²) in [5.41, 5.74) is 0.630. The van der Waals surface area contributed by atoms with Gasteiger partial charge in [0.25, 0.3) is 5.91 Å². The Balaban J connectivity index is 2.03. The van der Waals surface area contributed by atoms with Crippen LogP contribution >= 0.6 is 28.6 Å². The molecule has 1 amide bonds. The molecular weight excluding hydrogens is 314 g/mol. The number of thiol groups is 1. The van der Waals surface area contributed by atoms with Gasteiger partial charge in [0.2, 0.25) is 0 Å². The van der Waals surface area contributed by atoms with Crippen molar-refractivity contribution in [2.24, 2.45) is 5.92 Å². The molecule has 1 saturated carbocycles. The maximum atomic E-state index is 12.3. The van der Waals surface area contributed by atoms with E-state index in [1.54, 1.807) is 18.0 Å². The van der Waals surface area contributed by atoms with Crippen molar-refractivity contribution in [2.45, 2.75) is 23.8 Å². The van der Waals surface area contributed by atoms with Crippen LogP contribution in [0.3, 0.4) is 0 Å². The third kappa shape index (κ3) is 3.08. The number of benzene rings is 1. The number of rotatable bonds is 3. The summed E-state index contributed by atoms with van der Waals surface area (Å²) in [4.78, 5) is 14.8. The zero-order chi connectivity index (χ0) is 13.3. The van der Waals surface area contributed by atoms with E-state index in [4.69, 9.17) is 0 Å². The number of halogens is 1. The Bertz CT molecular complexity index is 460. The molecule has 1 aliphatic carbocycles. The lowest BCUT2D eigenvalue weighted by molar-refractivity contribution is 0.0265. The third-order valence-corrected chi connectivity index (χ3v) is 4.24. The second kappa shape index (κ2) is 5.63. The van der Waals surface area contributed by atoms with Gasteiger partial charge >= 0.3 is 0 Å². The van der Waals surface area contributed by atoms with E-state index in [1.807, 2.05) is 12.1 Å². The molecule has 0 radical (unpaired) electrons. The van der Waals surface area contributed by atoms with Gasteiger partial charge in [0, 0.05) is 23.0 Å². The average molecular weight is 330 g/mol. The van der Waals surface area contributed by atoms with E-state index in [0.29, 0.717) is 18.0 Å². The van der Waals surface area contributed by atoms with Crippen LogP contribution < -0.4 is 0 Å². The van der Waals surface area contributed by atoms with Crippen LogP contribution in [0.25, 0.3) is 0 Å². The van der Waals surface area contributed by atoms with Crippen molar-refractivity contribution >= 4 is 34.5 Å². The summed E-state index contributed by atoms with van der Waals surface area (Å²) >= 11 is 7.64. The summed E-state index contributed by atoms with van der Waals surface area (Å²) < 4.78 is 0.783. The predicted octanol–water partition coefficient (Wildman–Crippen LogP) is 2.58. The Kier molecular flexibility index (Phi) is 4.35. The van der Waals surface area contributed by atoms with Crippen molar-refractivity contribution < 1.29 is 9.90 Å². The van der Waals surface area contributed by atoms with Crippen LogP contribution in [0.4, 0.5) is 0 Å². The van der Waals surface area contributed by atoms with Crippen LogP contribution in [0.15, 0.2) is 27.6 Å². The molecule has 0 saturated heterocycles. The lowest BCUT2D eigenvalue weighted by Crippen LogP contribution is -2.39. The molecule has 0 unspecified atom stereocenters. The number of hydrogen-bond acceptors (Lipinski definition) is 3. The molecule has 1 aromatic carbocycles. The molecule has 0 heterocycles. The summed E-state index contributed by atoms with van der Waals surface area (Å²) in [5.74, 6) is 0.408. The van der Waals surface area contributed by atoms with E-state index in [2.05, 4.69) is 28.6 Å². The van der Waals surface area contributed by atoms with Crippen molar-refractivity contribution in [1.82, 2.24) is 4.90 Å². The number of nitrogens with zero attached hydrogens (tertiary/aromatic N) is 1. The molecule has 1 N–H and O–H groups in total. The highest BCUT2D eigenvalue weighted by atomic mass is 79.9. The van der Waals surface area contributed by atoms with Crippen LogP contribution in [0, 0.1) is 5.92 Å². The Labute approximate surface area is 121 Å². The van der Waals surface area contributed by atoms with Crippen LogP contribution in [-0.4, -0.2) is 35.6 Å². The van der Waals surface area contributed by atoms with Crippen molar-refractivity contribution in [3.63, 3.8) is 0 Å². The van der Waals surface area contributed by atoms with Gasteiger partial charge in [-0.3, -0.25) is 4.79 Å². The molecule has 18 heavy (non-hydrogen) atoms. The second-order valence-electron chi connectivity index (χ2n) is 4.84. The molecule has 5 heteroatoms. The molecule has 0 atom stereocenters. The van der Waals surface area contributed by atoms with Crippen LogP contribution in [0.2, 0.25) is 0 Å². The molecule has 1 aliphatic rings. The predicted molar refractivity (Wildman–Crippen MR) is 77.1 cm³/mol. The van der Waals surface area contributed by atoms with Crippen molar-refractivity contribution in [3.8, 4) is 0 Å². The highest BCUT2D eigenvalue weighted by molar-refractivity contribution is 9.10. The van der Waals surface area contributed by atoms with Gasteiger partial charge in [-0.05, 0) is 52.9 Å². The van der Waals surface area contributed by atoms with Gasteiger partial charge in [-0.15, -0.1) is 12.6 Å². The zero-order valence-electron chi connectivity index (χ0n) is 10.1. The molecule has 0 bridgehead atoms. The SMILES string of the molecule is CN(CC1CC(O)C1)C(=O)c1cc(S)ccc1Br. The fourth-order valence-corrected chi connectivity index (χ4v) is 2.82. The Hall–Kier alpha value is -0.520. The minimum Gasteiger partial charge on any atom is -0.393 e. The Morgan fingerprint density at radius 3 is 2.83 bits per heavy atom. The van der Waals surface area contributed by atoms with E-state index in [9.17, 15) is 9.90 Å². The van der Waals surface area contributed by atoms with Gasteiger partial charge in [0.1, 0.15) is 0 Å². The summed E-state index contributed by atoms with van der Waals surface area (Å²) in [7, 11) is 1.80.